The van der Waals surface area contributed by atoms with Gasteiger partial charge in [0.2, 0.25) is 0 Å². The molecule has 21 heavy (non-hydrogen) atoms. The Balaban J connectivity index is 1.66. The highest BCUT2D eigenvalue weighted by molar-refractivity contribution is 5.45. The largest absolute Gasteiger partial charge is 0.490 e. The Morgan fingerprint density at radius 1 is 1.00 bits per heavy atom. The average Bonchev–Trinajstić information content (AvgIpc) is 3.09. The number of aryl methyl sites for hydroxylation is 2. The molecule has 0 radical (unpaired) electrons. The summed E-state index contributed by atoms with van der Waals surface area (Å²) in [5.74, 6) is 1.02. The van der Waals surface area contributed by atoms with Crippen molar-refractivity contribution >= 4 is 0 Å². The molecule has 0 saturated heterocycles. The average molecular weight is 279 g/mol. The molecule has 1 aliphatic carbocycles. The molecule has 0 spiro atoms. The zero-order valence-electron chi connectivity index (χ0n) is 12.4. The maximum absolute atomic E-state index is 6.50. The van der Waals surface area contributed by atoms with Crippen molar-refractivity contribution in [1.29, 1.82) is 0 Å². The Labute approximate surface area is 125 Å². The van der Waals surface area contributed by atoms with Gasteiger partial charge in [0.25, 0.3) is 0 Å². The zero-order chi connectivity index (χ0) is 14.4. The van der Waals surface area contributed by atoms with Crippen LogP contribution in [0.2, 0.25) is 0 Å². The fourth-order valence-corrected chi connectivity index (χ4v) is 3.61. The lowest BCUT2D eigenvalue weighted by atomic mass is 9.94. The Bertz CT molecular complexity index is 692. The van der Waals surface area contributed by atoms with Gasteiger partial charge >= 0.3 is 0 Å². The molecule has 2 heteroatoms. The lowest BCUT2D eigenvalue weighted by molar-refractivity contribution is 0.254. The summed E-state index contributed by atoms with van der Waals surface area (Å²) in [5, 5.41) is 0. The molecule has 0 bridgehead atoms. The predicted octanol–water partition coefficient (Wildman–Crippen LogP) is 3.55. The minimum Gasteiger partial charge on any atom is -0.490 e. The van der Waals surface area contributed by atoms with Gasteiger partial charge in [0.15, 0.2) is 0 Å². The molecule has 1 heterocycles. The molecular weight excluding hydrogens is 258 g/mol. The summed E-state index contributed by atoms with van der Waals surface area (Å²) in [6, 6.07) is 13.1. The van der Waals surface area contributed by atoms with Crippen molar-refractivity contribution in [3.63, 3.8) is 0 Å². The summed E-state index contributed by atoms with van der Waals surface area (Å²) in [5.41, 5.74) is 13.2. The van der Waals surface area contributed by atoms with Crippen molar-refractivity contribution in [3.05, 3.63) is 64.2 Å². The Kier molecular flexibility index (Phi) is 3.00. The minimum absolute atomic E-state index is 0.0443. The van der Waals surface area contributed by atoms with Crippen LogP contribution in [0, 0.1) is 0 Å². The lowest BCUT2D eigenvalue weighted by Crippen LogP contribution is -2.12. The molecule has 0 amide bonds. The van der Waals surface area contributed by atoms with Crippen LogP contribution in [-0.2, 0) is 19.3 Å². The molecular formula is C19H21NO. The van der Waals surface area contributed by atoms with Crippen molar-refractivity contribution in [2.24, 2.45) is 5.73 Å². The zero-order valence-corrected chi connectivity index (χ0v) is 12.4. The van der Waals surface area contributed by atoms with Crippen molar-refractivity contribution in [2.75, 3.05) is 0 Å². The van der Waals surface area contributed by atoms with E-state index in [4.69, 9.17) is 10.5 Å². The van der Waals surface area contributed by atoms with E-state index in [-0.39, 0.29) is 12.1 Å². The van der Waals surface area contributed by atoms with E-state index >= 15 is 0 Å². The molecule has 108 valence electrons. The molecule has 2 nitrogen and oxygen atoms in total. The van der Waals surface area contributed by atoms with Crippen LogP contribution in [0.1, 0.15) is 47.2 Å². The van der Waals surface area contributed by atoms with Crippen LogP contribution in [-0.4, -0.2) is 6.10 Å². The van der Waals surface area contributed by atoms with E-state index in [1.165, 1.54) is 47.1 Å². The minimum atomic E-state index is -0.0443. The van der Waals surface area contributed by atoms with Gasteiger partial charge in [-0.3, -0.25) is 0 Å². The molecule has 2 atom stereocenters. The van der Waals surface area contributed by atoms with Gasteiger partial charge in [-0.25, -0.2) is 0 Å². The van der Waals surface area contributed by atoms with Gasteiger partial charge in [0, 0.05) is 6.42 Å². The third-order valence-corrected chi connectivity index (χ3v) is 4.76. The van der Waals surface area contributed by atoms with Gasteiger partial charge in [0.1, 0.15) is 11.9 Å². The van der Waals surface area contributed by atoms with Gasteiger partial charge in [-0.2, -0.15) is 0 Å². The first-order valence-electron chi connectivity index (χ1n) is 7.87. The van der Waals surface area contributed by atoms with Crippen LogP contribution in [0.15, 0.2) is 36.4 Å². The maximum atomic E-state index is 6.50. The normalized spacial score (nSPS) is 20.8. The fraction of sp³-hybridized carbons (Fsp3) is 0.368. The molecule has 0 fully saturated rings. The van der Waals surface area contributed by atoms with Crippen LogP contribution in [0.4, 0.5) is 0 Å². The van der Waals surface area contributed by atoms with Crippen molar-refractivity contribution in [2.45, 2.75) is 44.8 Å². The van der Waals surface area contributed by atoms with Crippen molar-refractivity contribution in [3.8, 4) is 5.75 Å². The molecule has 0 aromatic heterocycles. The number of benzene rings is 2. The van der Waals surface area contributed by atoms with Crippen LogP contribution in [0.5, 0.6) is 5.75 Å². The van der Waals surface area contributed by atoms with Crippen LogP contribution in [0.3, 0.4) is 0 Å². The number of nitrogens with two attached hydrogens (primary N) is 1. The molecule has 2 aliphatic rings. The summed E-state index contributed by atoms with van der Waals surface area (Å²) in [6.45, 7) is 2.11. The van der Waals surface area contributed by atoms with Crippen LogP contribution < -0.4 is 10.5 Å². The second-order valence-electron chi connectivity index (χ2n) is 6.36. The van der Waals surface area contributed by atoms with Crippen molar-refractivity contribution in [1.82, 2.24) is 0 Å². The van der Waals surface area contributed by atoms with E-state index in [0.717, 1.165) is 12.2 Å². The number of ether oxygens (including phenoxy) is 1. The van der Waals surface area contributed by atoms with E-state index in [0.29, 0.717) is 0 Å². The summed E-state index contributed by atoms with van der Waals surface area (Å²) < 4.78 is 5.77. The first-order valence-corrected chi connectivity index (χ1v) is 7.87. The van der Waals surface area contributed by atoms with Gasteiger partial charge < -0.3 is 10.5 Å². The molecule has 2 N–H and O–H groups in total. The van der Waals surface area contributed by atoms with E-state index in [1.54, 1.807) is 0 Å². The summed E-state index contributed by atoms with van der Waals surface area (Å²) in [7, 11) is 0. The van der Waals surface area contributed by atoms with Crippen LogP contribution in [0.25, 0.3) is 0 Å². The number of hydrogen-bond acceptors (Lipinski definition) is 2. The quantitative estimate of drug-likeness (QED) is 0.912. The number of fused-ring (bicyclic) bond motifs is 2. The highest BCUT2D eigenvalue weighted by Crippen LogP contribution is 2.33. The monoisotopic (exact) mass is 279 g/mol. The molecule has 0 saturated carbocycles. The van der Waals surface area contributed by atoms with Crippen LogP contribution >= 0.6 is 0 Å². The second-order valence-corrected chi connectivity index (χ2v) is 6.36. The topological polar surface area (TPSA) is 35.2 Å². The molecule has 2 unspecified atom stereocenters. The van der Waals surface area contributed by atoms with E-state index in [1.807, 2.05) is 0 Å². The predicted molar refractivity (Wildman–Crippen MR) is 84.7 cm³/mol. The fourth-order valence-electron chi connectivity index (χ4n) is 3.61. The Hall–Kier alpha value is -1.80. The number of hydrogen-bond donors (Lipinski definition) is 1. The molecule has 2 aromatic rings. The van der Waals surface area contributed by atoms with E-state index in [9.17, 15) is 0 Å². The Morgan fingerprint density at radius 3 is 2.57 bits per heavy atom. The van der Waals surface area contributed by atoms with Gasteiger partial charge in [0.05, 0.1) is 6.04 Å². The van der Waals surface area contributed by atoms with E-state index < -0.39 is 0 Å². The third-order valence-electron chi connectivity index (χ3n) is 4.76. The Morgan fingerprint density at radius 2 is 1.71 bits per heavy atom. The highest BCUT2D eigenvalue weighted by Gasteiger charge is 2.21. The lowest BCUT2D eigenvalue weighted by Gasteiger charge is -2.15. The summed E-state index contributed by atoms with van der Waals surface area (Å²) >= 11 is 0. The molecule has 1 aliphatic heterocycles. The highest BCUT2D eigenvalue weighted by atomic mass is 16.5. The third kappa shape index (κ3) is 2.24. The number of rotatable bonds is 2. The standard InChI is InChI=1S/C19H21NO/c1-12-9-17-11-16(7-8-18(17)21-12)19(20)15-6-5-13-3-2-4-14(13)10-15/h5-8,10-12,19H,2-4,9,20H2,1H3. The second kappa shape index (κ2) is 4.88. The smallest absolute Gasteiger partial charge is 0.123 e. The van der Waals surface area contributed by atoms with Gasteiger partial charge in [-0.15, -0.1) is 0 Å². The first-order chi connectivity index (χ1) is 10.2. The SMILES string of the molecule is CC1Cc2cc(C(N)c3ccc4c(c3)CCC4)ccc2O1. The van der Waals surface area contributed by atoms with Gasteiger partial charge in [-0.1, -0.05) is 30.3 Å². The summed E-state index contributed by atoms with van der Waals surface area (Å²) in [4.78, 5) is 0. The van der Waals surface area contributed by atoms with Gasteiger partial charge in [-0.05, 0) is 60.1 Å². The maximum Gasteiger partial charge on any atom is 0.123 e. The molecule has 4 rings (SSSR count). The summed E-state index contributed by atoms with van der Waals surface area (Å²) in [6.07, 6.45) is 4.97. The first kappa shape index (κ1) is 12.9. The molecule has 2 aromatic carbocycles. The van der Waals surface area contributed by atoms with E-state index in [2.05, 4.69) is 43.3 Å². The van der Waals surface area contributed by atoms with Crippen molar-refractivity contribution < 1.29 is 4.74 Å².